The van der Waals surface area contributed by atoms with Crippen LogP contribution in [0.15, 0.2) is 60.7 Å². The molecule has 0 heterocycles. The monoisotopic (exact) mass is 306 g/mol. The zero-order valence-electron chi connectivity index (χ0n) is 13.3. The highest BCUT2D eigenvalue weighted by Gasteiger charge is 2.12. The molecule has 0 atom stereocenters. The number of aryl methyl sites for hydroxylation is 2. The number of hydrogen-bond donors (Lipinski definition) is 1. The van der Waals surface area contributed by atoms with Gasteiger partial charge in [0.15, 0.2) is 0 Å². The Morgan fingerprint density at radius 1 is 0.783 bits per heavy atom. The topological polar surface area (TPSA) is 20.2 Å². The van der Waals surface area contributed by atoms with Crippen LogP contribution in [0.25, 0.3) is 22.3 Å². The van der Waals surface area contributed by atoms with Crippen LogP contribution in [-0.2, 0) is 6.61 Å². The second kappa shape index (κ2) is 6.35. The van der Waals surface area contributed by atoms with Crippen molar-refractivity contribution in [3.8, 4) is 22.3 Å². The highest BCUT2D eigenvalue weighted by molar-refractivity contribution is 5.77. The molecule has 1 nitrogen and oxygen atoms in total. The first-order valence-corrected chi connectivity index (χ1v) is 7.66. The molecule has 0 saturated heterocycles. The zero-order valence-corrected chi connectivity index (χ0v) is 13.3. The fourth-order valence-corrected chi connectivity index (χ4v) is 2.89. The molecule has 116 valence electrons. The molecule has 3 aromatic rings. The minimum atomic E-state index is -0.213. The van der Waals surface area contributed by atoms with Crippen LogP contribution in [0.1, 0.15) is 16.7 Å². The summed E-state index contributed by atoms with van der Waals surface area (Å²) in [7, 11) is 0. The van der Waals surface area contributed by atoms with Crippen molar-refractivity contribution < 1.29 is 9.50 Å². The van der Waals surface area contributed by atoms with Crippen LogP contribution < -0.4 is 0 Å². The summed E-state index contributed by atoms with van der Waals surface area (Å²) in [6.07, 6.45) is 0. The molecule has 0 bridgehead atoms. The van der Waals surface area contributed by atoms with Gasteiger partial charge in [0.25, 0.3) is 0 Å². The smallest absolute Gasteiger partial charge is 0.126 e. The molecule has 0 unspecified atom stereocenters. The number of rotatable bonds is 3. The molecule has 3 aromatic carbocycles. The standard InChI is InChI=1S/C21H19FO/c1-14-10-18(16-6-4-3-5-7-16)12-19(20(14)13-23)17-8-9-21(22)15(2)11-17/h3-12,23H,13H2,1-2H3. The van der Waals surface area contributed by atoms with Gasteiger partial charge in [-0.1, -0.05) is 42.5 Å². The molecular formula is C21H19FO. The minimum absolute atomic E-state index is 0.0351. The number of aliphatic hydroxyl groups is 1. The van der Waals surface area contributed by atoms with E-state index in [4.69, 9.17) is 0 Å². The van der Waals surface area contributed by atoms with E-state index < -0.39 is 0 Å². The lowest BCUT2D eigenvalue weighted by Crippen LogP contribution is -1.96. The van der Waals surface area contributed by atoms with Gasteiger partial charge in [-0.2, -0.15) is 0 Å². The van der Waals surface area contributed by atoms with E-state index in [-0.39, 0.29) is 12.4 Å². The lowest BCUT2D eigenvalue weighted by molar-refractivity contribution is 0.281. The summed E-state index contributed by atoms with van der Waals surface area (Å²) in [6.45, 7) is 3.72. The SMILES string of the molecule is Cc1cc(-c2cc(-c3ccccc3)cc(C)c2CO)ccc1F. The van der Waals surface area contributed by atoms with Crippen LogP contribution in [-0.4, -0.2) is 5.11 Å². The van der Waals surface area contributed by atoms with E-state index in [1.165, 1.54) is 6.07 Å². The largest absolute Gasteiger partial charge is 0.392 e. The lowest BCUT2D eigenvalue weighted by atomic mass is 9.91. The van der Waals surface area contributed by atoms with Crippen LogP contribution in [0.2, 0.25) is 0 Å². The van der Waals surface area contributed by atoms with Crippen molar-refractivity contribution in [1.82, 2.24) is 0 Å². The fourth-order valence-electron chi connectivity index (χ4n) is 2.89. The summed E-state index contributed by atoms with van der Waals surface area (Å²) in [6, 6.07) is 19.4. The maximum atomic E-state index is 13.6. The van der Waals surface area contributed by atoms with Gasteiger partial charge in [0, 0.05) is 0 Å². The average molecular weight is 306 g/mol. The molecule has 2 heteroatoms. The molecule has 0 amide bonds. The van der Waals surface area contributed by atoms with Crippen LogP contribution >= 0.6 is 0 Å². The normalized spacial score (nSPS) is 10.8. The first-order valence-electron chi connectivity index (χ1n) is 7.66. The number of aliphatic hydroxyl groups excluding tert-OH is 1. The third-order valence-electron chi connectivity index (χ3n) is 4.21. The van der Waals surface area contributed by atoms with E-state index in [0.29, 0.717) is 5.56 Å². The van der Waals surface area contributed by atoms with E-state index in [1.807, 2.05) is 31.2 Å². The molecule has 3 rings (SSSR count). The van der Waals surface area contributed by atoms with Gasteiger partial charge in [-0.05, 0) is 71.0 Å². The summed E-state index contributed by atoms with van der Waals surface area (Å²) in [5.41, 5.74) is 6.62. The Morgan fingerprint density at radius 2 is 1.48 bits per heavy atom. The van der Waals surface area contributed by atoms with E-state index >= 15 is 0 Å². The Labute approximate surface area is 136 Å². The molecule has 0 radical (unpaired) electrons. The molecule has 0 saturated carbocycles. The molecular weight excluding hydrogens is 287 g/mol. The first kappa shape index (κ1) is 15.4. The number of hydrogen-bond acceptors (Lipinski definition) is 1. The minimum Gasteiger partial charge on any atom is -0.392 e. The van der Waals surface area contributed by atoms with Crippen LogP contribution in [0.3, 0.4) is 0 Å². The predicted molar refractivity (Wildman–Crippen MR) is 92.7 cm³/mol. The molecule has 23 heavy (non-hydrogen) atoms. The second-order valence-corrected chi connectivity index (χ2v) is 5.81. The third-order valence-corrected chi connectivity index (χ3v) is 4.21. The molecule has 1 N–H and O–H groups in total. The van der Waals surface area contributed by atoms with Crippen molar-refractivity contribution in [1.29, 1.82) is 0 Å². The van der Waals surface area contributed by atoms with Crippen molar-refractivity contribution in [3.05, 3.63) is 83.2 Å². The van der Waals surface area contributed by atoms with Gasteiger partial charge in [0.2, 0.25) is 0 Å². The van der Waals surface area contributed by atoms with Gasteiger partial charge in [-0.15, -0.1) is 0 Å². The van der Waals surface area contributed by atoms with Crippen molar-refractivity contribution in [2.75, 3.05) is 0 Å². The van der Waals surface area contributed by atoms with Crippen molar-refractivity contribution >= 4 is 0 Å². The van der Waals surface area contributed by atoms with Crippen LogP contribution in [0.4, 0.5) is 4.39 Å². The molecule has 0 aromatic heterocycles. The highest BCUT2D eigenvalue weighted by Crippen LogP contribution is 2.33. The summed E-state index contributed by atoms with van der Waals surface area (Å²) in [5, 5.41) is 9.77. The molecule has 0 aliphatic heterocycles. The van der Waals surface area contributed by atoms with Crippen LogP contribution in [0, 0.1) is 19.7 Å². The molecule has 0 spiro atoms. The lowest BCUT2D eigenvalue weighted by Gasteiger charge is -2.15. The average Bonchev–Trinajstić information content (AvgIpc) is 2.57. The predicted octanol–water partition coefficient (Wildman–Crippen LogP) is 5.27. The second-order valence-electron chi connectivity index (χ2n) is 5.81. The summed E-state index contributed by atoms with van der Waals surface area (Å²) >= 11 is 0. The Kier molecular flexibility index (Phi) is 4.26. The Morgan fingerprint density at radius 3 is 2.13 bits per heavy atom. The molecule has 0 aliphatic carbocycles. The Bertz CT molecular complexity index is 838. The van der Waals surface area contributed by atoms with Gasteiger partial charge < -0.3 is 5.11 Å². The van der Waals surface area contributed by atoms with Crippen LogP contribution in [0.5, 0.6) is 0 Å². The molecule has 0 fully saturated rings. The number of halogens is 1. The van der Waals surface area contributed by atoms with Gasteiger partial charge in [0.05, 0.1) is 6.61 Å². The van der Waals surface area contributed by atoms with Gasteiger partial charge >= 0.3 is 0 Å². The third kappa shape index (κ3) is 3.03. The van der Waals surface area contributed by atoms with E-state index in [2.05, 4.69) is 24.3 Å². The highest BCUT2D eigenvalue weighted by atomic mass is 19.1. The van der Waals surface area contributed by atoms with Gasteiger partial charge in [-0.25, -0.2) is 4.39 Å². The first-order chi connectivity index (χ1) is 11.1. The zero-order chi connectivity index (χ0) is 16.4. The Hall–Kier alpha value is -2.45. The van der Waals surface area contributed by atoms with Gasteiger partial charge in [-0.3, -0.25) is 0 Å². The summed E-state index contributed by atoms with van der Waals surface area (Å²) in [4.78, 5) is 0. The van der Waals surface area contributed by atoms with E-state index in [9.17, 15) is 9.50 Å². The maximum absolute atomic E-state index is 13.6. The summed E-state index contributed by atoms with van der Waals surface area (Å²) < 4.78 is 13.6. The summed E-state index contributed by atoms with van der Waals surface area (Å²) in [5.74, 6) is -0.213. The van der Waals surface area contributed by atoms with Crippen molar-refractivity contribution in [3.63, 3.8) is 0 Å². The van der Waals surface area contributed by atoms with Crippen molar-refractivity contribution in [2.24, 2.45) is 0 Å². The Balaban J connectivity index is 2.21. The van der Waals surface area contributed by atoms with E-state index in [1.54, 1.807) is 13.0 Å². The maximum Gasteiger partial charge on any atom is 0.126 e. The van der Waals surface area contributed by atoms with Crippen molar-refractivity contribution in [2.45, 2.75) is 20.5 Å². The molecule has 0 aliphatic rings. The quantitative estimate of drug-likeness (QED) is 0.699. The van der Waals surface area contributed by atoms with Gasteiger partial charge in [0.1, 0.15) is 5.82 Å². The van der Waals surface area contributed by atoms with E-state index in [0.717, 1.165) is 33.4 Å². The number of benzene rings is 3. The fraction of sp³-hybridized carbons (Fsp3) is 0.143.